The number of rotatable bonds is 5. The minimum atomic E-state index is -0.888. The van der Waals surface area contributed by atoms with Crippen LogP contribution in [0.1, 0.15) is 22.5 Å². The topological polar surface area (TPSA) is 84.7 Å². The minimum absolute atomic E-state index is 0.398. The first-order chi connectivity index (χ1) is 14.8. The van der Waals surface area contributed by atoms with Gasteiger partial charge in [-0.1, -0.05) is 29.8 Å². The van der Waals surface area contributed by atoms with E-state index in [0.717, 1.165) is 28.2 Å². The maximum absolute atomic E-state index is 12.1. The van der Waals surface area contributed by atoms with Crippen LogP contribution in [0, 0.1) is 20.8 Å². The van der Waals surface area contributed by atoms with Gasteiger partial charge in [0, 0.05) is 27.7 Å². The van der Waals surface area contributed by atoms with Crippen LogP contribution in [0.25, 0.3) is 5.69 Å². The van der Waals surface area contributed by atoms with Gasteiger partial charge in [0.1, 0.15) is 5.75 Å². The van der Waals surface area contributed by atoms with Crippen molar-refractivity contribution in [3.05, 3.63) is 76.1 Å². The molecule has 0 unspecified atom stereocenters. The van der Waals surface area contributed by atoms with Crippen LogP contribution in [0.4, 0.5) is 5.69 Å². The van der Waals surface area contributed by atoms with Gasteiger partial charge in [-0.15, -0.1) is 0 Å². The molecule has 160 valence electrons. The van der Waals surface area contributed by atoms with E-state index in [1.54, 1.807) is 24.3 Å². The molecule has 3 rings (SSSR count). The van der Waals surface area contributed by atoms with Crippen molar-refractivity contribution in [1.82, 2.24) is 9.99 Å². The smallest absolute Gasteiger partial charge is 0.329 e. The summed E-state index contributed by atoms with van der Waals surface area (Å²) in [5.74, 6) is -1.28. The third kappa shape index (κ3) is 4.95. The molecule has 0 saturated heterocycles. The van der Waals surface area contributed by atoms with Crippen molar-refractivity contribution in [3.63, 3.8) is 0 Å². The number of aryl methyl sites for hydroxylation is 2. The number of hydrazone groups is 1. The molecule has 0 fully saturated rings. The summed E-state index contributed by atoms with van der Waals surface area (Å²) in [6, 6.07) is 14.6. The van der Waals surface area contributed by atoms with E-state index in [0.29, 0.717) is 16.5 Å². The Labute approximate surface area is 185 Å². The molecule has 2 amide bonds. The summed E-state index contributed by atoms with van der Waals surface area (Å²) in [4.78, 5) is 24.2. The van der Waals surface area contributed by atoms with Crippen molar-refractivity contribution in [1.29, 1.82) is 0 Å². The summed E-state index contributed by atoms with van der Waals surface area (Å²) in [6.07, 6.45) is 1.50. The molecule has 3 aromatic rings. The van der Waals surface area contributed by atoms with Crippen LogP contribution in [0.3, 0.4) is 0 Å². The molecule has 2 N–H and O–H groups in total. The lowest BCUT2D eigenvalue weighted by atomic mass is 10.2. The highest BCUT2D eigenvalue weighted by molar-refractivity contribution is 6.39. The van der Waals surface area contributed by atoms with Crippen LogP contribution in [0.5, 0.6) is 5.75 Å². The minimum Gasteiger partial charge on any atom is -0.495 e. The molecule has 0 radical (unpaired) electrons. The van der Waals surface area contributed by atoms with Crippen LogP contribution in [-0.2, 0) is 9.59 Å². The second kappa shape index (κ2) is 9.49. The van der Waals surface area contributed by atoms with E-state index in [4.69, 9.17) is 16.3 Å². The van der Waals surface area contributed by atoms with Crippen molar-refractivity contribution in [2.45, 2.75) is 20.8 Å². The van der Waals surface area contributed by atoms with Gasteiger partial charge in [-0.25, -0.2) is 5.43 Å². The molecule has 0 bridgehead atoms. The zero-order chi connectivity index (χ0) is 22.5. The maximum atomic E-state index is 12.1. The standard InChI is InChI=1S/C23H23ClN4O3/c1-14-9-10-18(12-19(14)24)28-15(2)11-17(16(28)3)13-25-27-23(30)22(29)26-20-7-5-6-8-21(20)31-4/h5-13H,1-4H3,(H,26,29)(H,27,30)/b25-13-. The van der Waals surface area contributed by atoms with E-state index in [1.165, 1.54) is 13.3 Å². The molecule has 1 heterocycles. The zero-order valence-corrected chi connectivity index (χ0v) is 18.4. The molecule has 0 aliphatic carbocycles. The molecular weight excluding hydrogens is 416 g/mol. The first-order valence-electron chi connectivity index (χ1n) is 9.54. The third-order valence-electron chi connectivity index (χ3n) is 4.82. The van der Waals surface area contributed by atoms with Crippen LogP contribution in [0.2, 0.25) is 5.02 Å². The fraction of sp³-hybridized carbons (Fsp3) is 0.174. The highest BCUT2D eigenvalue weighted by Crippen LogP contribution is 2.24. The van der Waals surface area contributed by atoms with Crippen molar-refractivity contribution in [3.8, 4) is 11.4 Å². The second-order valence-electron chi connectivity index (χ2n) is 6.95. The normalized spacial score (nSPS) is 10.9. The Morgan fingerprint density at radius 3 is 2.52 bits per heavy atom. The summed E-state index contributed by atoms with van der Waals surface area (Å²) < 4.78 is 7.20. The average molecular weight is 439 g/mol. The zero-order valence-electron chi connectivity index (χ0n) is 17.7. The van der Waals surface area contributed by atoms with E-state index in [2.05, 4.69) is 15.8 Å². The van der Waals surface area contributed by atoms with Gasteiger partial charge >= 0.3 is 11.8 Å². The Hall–Kier alpha value is -3.58. The second-order valence-corrected chi connectivity index (χ2v) is 7.36. The summed E-state index contributed by atoms with van der Waals surface area (Å²) >= 11 is 6.27. The number of ether oxygens (including phenoxy) is 1. The number of hydrogen-bond donors (Lipinski definition) is 2. The average Bonchev–Trinajstić information content (AvgIpc) is 3.03. The number of benzene rings is 2. The van der Waals surface area contributed by atoms with E-state index >= 15 is 0 Å². The molecule has 2 aromatic carbocycles. The van der Waals surface area contributed by atoms with Crippen LogP contribution < -0.4 is 15.5 Å². The molecule has 0 aliphatic heterocycles. The molecule has 8 heteroatoms. The fourth-order valence-electron chi connectivity index (χ4n) is 3.17. The number of anilines is 1. The van der Waals surface area contributed by atoms with E-state index in [9.17, 15) is 9.59 Å². The van der Waals surface area contributed by atoms with Gasteiger partial charge < -0.3 is 14.6 Å². The van der Waals surface area contributed by atoms with Gasteiger partial charge in [-0.3, -0.25) is 9.59 Å². The molecular formula is C23H23ClN4O3. The Morgan fingerprint density at radius 2 is 1.81 bits per heavy atom. The van der Waals surface area contributed by atoms with Gasteiger partial charge in [0.15, 0.2) is 0 Å². The Morgan fingerprint density at radius 1 is 1.06 bits per heavy atom. The molecule has 1 aromatic heterocycles. The van der Waals surface area contributed by atoms with E-state index in [1.807, 2.05) is 49.6 Å². The number of para-hydroxylation sites is 2. The number of amides is 2. The molecule has 0 saturated carbocycles. The number of hydrogen-bond acceptors (Lipinski definition) is 4. The maximum Gasteiger partial charge on any atom is 0.329 e. The Bertz CT molecular complexity index is 1170. The molecule has 31 heavy (non-hydrogen) atoms. The predicted octanol–water partition coefficient (Wildman–Crippen LogP) is 4.15. The number of nitrogens with one attached hydrogen (secondary N) is 2. The molecule has 0 aliphatic rings. The van der Waals surface area contributed by atoms with Crippen LogP contribution in [0.15, 0.2) is 53.6 Å². The highest BCUT2D eigenvalue weighted by atomic mass is 35.5. The van der Waals surface area contributed by atoms with Crippen molar-refractivity contribution >= 4 is 35.3 Å². The van der Waals surface area contributed by atoms with Crippen LogP contribution in [-0.4, -0.2) is 29.7 Å². The Kier molecular flexibility index (Phi) is 6.77. The number of aromatic nitrogens is 1. The van der Waals surface area contributed by atoms with Gasteiger partial charge in [-0.2, -0.15) is 5.10 Å². The molecule has 7 nitrogen and oxygen atoms in total. The first-order valence-corrected chi connectivity index (χ1v) is 9.92. The fourth-order valence-corrected chi connectivity index (χ4v) is 3.35. The van der Waals surface area contributed by atoms with E-state index in [-0.39, 0.29) is 0 Å². The molecule has 0 atom stereocenters. The van der Waals surface area contributed by atoms with Gasteiger partial charge in [-0.05, 0) is 56.7 Å². The number of halogens is 1. The summed E-state index contributed by atoms with van der Waals surface area (Å²) in [5, 5.41) is 7.12. The lowest BCUT2D eigenvalue weighted by Gasteiger charge is -2.11. The summed E-state index contributed by atoms with van der Waals surface area (Å²) in [6.45, 7) is 5.86. The summed E-state index contributed by atoms with van der Waals surface area (Å²) in [7, 11) is 1.48. The highest BCUT2D eigenvalue weighted by Gasteiger charge is 2.15. The number of carbonyl (C=O) groups is 2. The first kappa shape index (κ1) is 22.1. The van der Waals surface area contributed by atoms with Gasteiger partial charge in [0.25, 0.3) is 0 Å². The van der Waals surface area contributed by atoms with E-state index < -0.39 is 11.8 Å². The monoisotopic (exact) mass is 438 g/mol. The van der Waals surface area contributed by atoms with Crippen molar-refractivity contribution < 1.29 is 14.3 Å². The van der Waals surface area contributed by atoms with Crippen LogP contribution >= 0.6 is 11.6 Å². The Balaban J connectivity index is 1.70. The lowest BCUT2D eigenvalue weighted by Crippen LogP contribution is -2.32. The van der Waals surface area contributed by atoms with Gasteiger partial charge in [0.05, 0.1) is 19.0 Å². The van der Waals surface area contributed by atoms with Gasteiger partial charge in [0.2, 0.25) is 0 Å². The SMILES string of the molecule is COc1ccccc1NC(=O)C(=O)N/N=C\c1cc(C)n(-c2ccc(C)c(Cl)c2)c1C. The van der Waals surface area contributed by atoms with Crippen molar-refractivity contribution in [2.75, 3.05) is 12.4 Å². The largest absolute Gasteiger partial charge is 0.495 e. The number of methoxy groups -OCH3 is 1. The quantitative estimate of drug-likeness (QED) is 0.356. The number of carbonyl (C=O) groups excluding carboxylic acids is 2. The third-order valence-corrected chi connectivity index (χ3v) is 5.22. The number of nitrogens with zero attached hydrogens (tertiary/aromatic N) is 2. The van der Waals surface area contributed by atoms with Crippen molar-refractivity contribution in [2.24, 2.45) is 5.10 Å². The summed E-state index contributed by atoms with van der Waals surface area (Å²) in [5.41, 5.74) is 7.30. The molecule has 0 spiro atoms. The lowest BCUT2D eigenvalue weighted by molar-refractivity contribution is -0.136. The predicted molar refractivity (Wildman–Crippen MR) is 122 cm³/mol.